The Balaban J connectivity index is 3.61. The van der Waals surface area contributed by atoms with Gasteiger partial charge in [-0.3, -0.25) is 4.79 Å². The van der Waals surface area contributed by atoms with Gasteiger partial charge in [-0.1, -0.05) is 334 Å². The Kier molecular flexibility index (Phi) is 64.8. The van der Waals surface area contributed by atoms with Crippen LogP contribution in [0, 0.1) is 0 Å². The van der Waals surface area contributed by atoms with Crippen LogP contribution in [-0.4, -0.2) is 34.9 Å². The molecule has 0 rings (SSSR count). The van der Waals surface area contributed by atoms with E-state index in [1.165, 1.54) is 186 Å². The lowest BCUT2D eigenvalue weighted by molar-refractivity contribution is -0.123. The van der Waals surface area contributed by atoms with Crippen LogP contribution in [-0.2, 0) is 4.79 Å². The number of allylic oxidation sites excluding steroid dienone is 21. The summed E-state index contributed by atoms with van der Waals surface area (Å²) in [4.78, 5) is 12.5. The van der Waals surface area contributed by atoms with Gasteiger partial charge in [-0.05, 0) is 103 Å². The minimum Gasteiger partial charge on any atom is -0.394 e. The highest BCUT2D eigenvalue weighted by Gasteiger charge is 2.18. The van der Waals surface area contributed by atoms with Crippen molar-refractivity contribution in [2.24, 2.45) is 0 Å². The quantitative estimate of drug-likeness (QED) is 0.0420. The van der Waals surface area contributed by atoms with Crippen molar-refractivity contribution in [3.63, 3.8) is 0 Å². The number of unbranched alkanes of at least 4 members (excludes halogenated alkanes) is 33. The average molecular weight is 1080 g/mol. The molecular weight excluding hydrogens is 951 g/mol. The molecule has 0 spiro atoms. The smallest absolute Gasteiger partial charge is 0.220 e. The Labute approximate surface area is 485 Å². The van der Waals surface area contributed by atoms with Crippen molar-refractivity contribution in [3.05, 3.63) is 134 Å². The third-order valence-corrected chi connectivity index (χ3v) is 14.6. The van der Waals surface area contributed by atoms with Gasteiger partial charge in [0, 0.05) is 6.42 Å². The first-order valence-electron chi connectivity index (χ1n) is 33.4. The van der Waals surface area contributed by atoms with E-state index in [9.17, 15) is 15.0 Å². The maximum absolute atomic E-state index is 12.5. The monoisotopic (exact) mass is 1080 g/mol. The van der Waals surface area contributed by atoms with Crippen molar-refractivity contribution in [1.82, 2.24) is 5.32 Å². The number of nitrogens with one attached hydrogen (secondary N) is 1. The second kappa shape index (κ2) is 67.8. The predicted octanol–water partition coefficient (Wildman–Crippen LogP) is 22.9. The second-order valence-electron chi connectivity index (χ2n) is 22.1. The summed E-state index contributed by atoms with van der Waals surface area (Å²) in [6, 6.07) is -0.662. The Morgan fingerprint density at radius 3 is 0.897 bits per heavy atom. The average Bonchev–Trinajstić information content (AvgIpc) is 3.44. The van der Waals surface area contributed by atoms with Crippen LogP contribution in [0.3, 0.4) is 0 Å². The van der Waals surface area contributed by atoms with Gasteiger partial charge in [-0.2, -0.15) is 0 Å². The minimum absolute atomic E-state index is 0.0954. The Morgan fingerprint density at radius 1 is 0.321 bits per heavy atom. The van der Waals surface area contributed by atoms with Gasteiger partial charge in [0.15, 0.2) is 0 Å². The highest BCUT2D eigenvalue weighted by Crippen LogP contribution is 2.17. The van der Waals surface area contributed by atoms with E-state index in [-0.39, 0.29) is 12.5 Å². The molecular formula is C74H127NO3. The van der Waals surface area contributed by atoms with E-state index in [2.05, 4.69) is 141 Å². The molecule has 0 saturated carbocycles. The molecule has 4 nitrogen and oxygen atoms in total. The number of rotatable bonds is 60. The molecule has 3 N–H and O–H groups in total. The van der Waals surface area contributed by atoms with Crippen molar-refractivity contribution in [2.75, 3.05) is 6.61 Å². The molecule has 0 aromatic rings. The van der Waals surface area contributed by atoms with Gasteiger partial charge in [0.25, 0.3) is 0 Å². The van der Waals surface area contributed by atoms with Crippen LogP contribution in [0.1, 0.15) is 309 Å². The fourth-order valence-electron chi connectivity index (χ4n) is 9.60. The topological polar surface area (TPSA) is 69.6 Å². The number of hydrogen-bond acceptors (Lipinski definition) is 3. The van der Waals surface area contributed by atoms with E-state index in [1.807, 2.05) is 6.08 Å². The molecule has 0 bridgehead atoms. The first-order valence-corrected chi connectivity index (χ1v) is 33.4. The molecule has 78 heavy (non-hydrogen) atoms. The van der Waals surface area contributed by atoms with E-state index in [1.54, 1.807) is 6.08 Å². The fraction of sp³-hybridized carbons (Fsp3) is 0.689. The molecule has 0 heterocycles. The summed E-state index contributed by atoms with van der Waals surface area (Å²) in [7, 11) is 0. The van der Waals surface area contributed by atoms with Crippen molar-refractivity contribution in [2.45, 2.75) is 321 Å². The zero-order valence-corrected chi connectivity index (χ0v) is 51.4. The number of aliphatic hydroxyl groups excluding tert-OH is 2. The van der Waals surface area contributed by atoms with Crippen LogP contribution in [0.4, 0.5) is 0 Å². The molecule has 4 heteroatoms. The molecule has 0 aliphatic heterocycles. The van der Waals surface area contributed by atoms with Gasteiger partial charge in [0.05, 0.1) is 18.8 Å². The van der Waals surface area contributed by atoms with E-state index >= 15 is 0 Å². The van der Waals surface area contributed by atoms with Gasteiger partial charge >= 0.3 is 0 Å². The van der Waals surface area contributed by atoms with Crippen LogP contribution in [0.2, 0.25) is 0 Å². The van der Waals surface area contributed by atoms with E-state index in [0.717, 1.165) is 103 Å². The van der Waals surface area contributed by atoms with Crippen LogP contribution >= 0.6 is 0 Å². The molecule has 2 unspecified atom stereocenters. The highest BCUT2D eigenvalue weighted by atomic mass is 16.3. The third kappa shape index (κ3) is 63.4. The first-order chi connectivity index (χ1) is 38.7. The van der Waals surface area contributed by atoms with Crippen LogP contribution in [0.15, 0.2) is 134 Å². The van der Waals surface area contributed by atoms with E-state index in [0.29, 0.717) is 6.42 Å². The lowest BCUT2D eigenvalue weighted by atomic mass is 10.0. The third-order valence-electron chi connectivity index (χ3n) is 14.6. The molecule has 2 atom stereocenters. The molecule has 0 saturated heterocycles. The second-order valence-corrected chi connectivity index (χ2v) is 22.1. The van der Waals surface area contributed by atoms with Crippen LogP contribution in [0.5, 0.6) is 0 Å². The Hall–Kier alpha value is -3.47. The summed E-state index contributed by atoms with van der Waals surface area (Å²) in [5.41, 5.74) is 0. The van der Waals surface area contributed by atoms with Crippen LogP contribution in [0.25, 0.3) is 0 Å². The summed E-state index contributed by atoms with van der Waals surface area (Å²) in [6.07, 6.45) is 105. The number of carbonyl (C=O) groups excluding carboxylic acids is 1. The van der Waals surface area contributed by atoms with Crippen molar-refractivity contribution in [3.8, 4) is 0 Å². The first kappa shape index (κ1) is 74.5. The van der Waals surface area contributed by atoms with Gasteiger partial charge in [0.1, 0.15) is 0 Å². The molecule has 0 aromatic heterocycles. The van der Waals surface area contributed by atoms with Gasteiger partial charge in [0.2, 0.25) is 5.91 Å². The van der Waals surface area contributed by atoms with Crippen molar-refractivity contribution < 1.29 is 15.0 Å². The maximum Gasteiger partial charge on any atom is 0.220 e. The molecule has 0 aliphatic carbocycles. The largest absolute Gasteiger partial charge is 0.394 e. The number of amides is 1. The lowest BCUT2D eigenvalue weighted by Gasteiger charge is -2.19. The normalized spacial score (nSPS) is 13.6. The Morgan fingerprint density at radius 2 is 0.577 bits per heavy atom. The summed E-state index contributed by atoms with van der Waals surface area (Å²) in [5, 5.41) is 23.2. The zero-order chi connectivity index (χ0) is 56.2. The minimum atomic E-state index is -0.883. The van der Waals surface area contributed by atoms with Crippen molar-refractivity contribution >= 4 is 5.91 Å². The standard InChI is InChI=1S/C74H127NO3/c1-3-5-7-9-11-13-15-17-19-21-23-25-27-29-31-33-35-37-39-41-43-45-47-49-51-53-55-57-59-61-63-65-67-69-73(77)72(71-76)75-74(78)70-68-66-64-62-60-58-56-54-52-50-48-46-44-42-40-38-36-34-32-30-28-26-24-22-20-18-16-14-12-10-8-6-4-2/h6,8,12,14,18,20,24,26,30,32,36,38,42,44,48,50,54,56,59,61,67,69,72-73,76-77H,3-5,7,9-11,13,15-17,19,21-23,25,27-29,31,33-35,37,39-41,43,45-47,49,51-53,55,57-58,60,62-66,68,70-71H2,1-2H3,(H,75,78)/b8-6-,14-12-,20-18-,26-24-,32-30-,38-36-,44-42-,50-48-,56-54-,61-59+,69-67+. The highest BCUT2D eigenvalue weighted by molar-refractivity contribution is 5.76. The summed E-state index contributed by atoms with van der Waals surface area (Å²) in [5.74, 6) is -0.0954. The Bertz CT molecular complexity index is 1550. The summed E-state index contributed by atoms with van der Waals surface area (Å²) < 4.78 is 0. The van der Waals surface area contributed by atoms with E-state index in [4.69, 9.17) is 0 Å². The maximum atomic E-state index is 12.5. The molecule has 0 radical (unpaired) electrons. The number of hydrogen-bond donors (Lipinski definition) is 3. The molecule has 0 aliphatic rings. The molecule has 0 aromatic carbocycles. The van der Waals surface area contributed by atoms with Gasteiger partial charge in [-0.25, -0.2) is 0 Å². The number of carbonyl (C=O) groups is 1. The van der Waals surface area contributed by atoms with E-state index < -0.39 is 12.1 Å². The van der Waals surface area contributed by atoms with Crippen LogP contribution < -0.4 is 5.32 Å². The molecule has 0 fully saturated rings. The van der Waals surface area contributed by atoms with Crippen molar-refractivity contribution in [1.29, 1.82) is 0 Å². The SMILES string of the molecule is CC/C=C\C/C=C\C/C=C\C/C=C\C/C=C\C/C=C\C/C=C\C/C=C\C/C=C\CCCCCCCC(=O)NC(CO)C(O)/C=C/CC/C=C/CCCCCCCCCCCCCCCCCCCCCCCCCCCCC. The summed E-state index contributed by atoms with van der Waals surface area (Å²) >= 11 is 0. The van der Waals surface area contributed by atoms with Gasteiger partial charge in [-0.15, -0.1) is 0 Å². The predicted molar refractivity (Wildman–Crippen MR) is 349 cm³/mol. The number of aliphatic hydroxyl groups is 2. The van der Waals surface area contributed by atoms with Gasteiger partial charge < -0.3 is 15.5 Å². The fourth-order valence-corrected chi connectivity index (χ4v) is 9.60. The zero-order valence-electron chi connectivity index (χ0n) is 51.4. The lowest BCUT2D eigenvalue weighted by Crippen LogP contribution is -2.45. The molecule has 1 amide bonds. The molecule has 446 valence electrons. The summed E-state index contributed by atoms with van der Waals surface area (Å²) in [6.45, 7) is 4.19.